The minimum absolute atomic E-state index is 0.198. The first kappa shape index (κ1) is 14.8. The second-order valence-electron chi connectivity index (χ2n) is 5.72. The summed E-state index contributed by atoms with van der Waals surface area (Å²) in [5, 5.41) is 35.1. The van der Waals surface area contributed by atoms with Gasteiger partial charge < -0.3 is 0 Å². The Morgan fingerprint density at radius 1 is 1.29 bits per heavy atom. The van der Waals surface area contributed by atoms with Crippen LogP contribution in [0.2, 0.25) is 0 Å². The Hall–Kier alpha value is -2.60. The van der Waals surface area contributed by atoms with E-state index >= 15 is 0 Å². The number of rotatable bonds is 5. The van der Waals surface area contributed by atoms with E-state index < -0.39 is 5.41 Å². The van der Waals surface area contributed by atoms with Crippen LogP contribution in [0.3, 0.4) is 0 Å². The first-order valence-electron chi connectivity index (χ1n) is 7.01. The molecule has 1 saturated carbocycles. The molecular weight excluding hydrogens is 260 g/mol. The van der Waals surface area contributed by atoms with Crippen LogP contribution in [0, 0.1) is 56.7 Å². The fourth-order valence-corrected chi connectivity index (χ4v) is 2.91. The number of nitrogens with zero attached hydrogens (tertiary/aromatic N) is 3. The van der Waals surface area contributed by atoms with Crippen molar-refractivity contribution in [2.24, 2.45) is 17.3 Å². The predicted molar refractivity (Wildman–Crippen MR) is 77.8 cm³/mol. The highest BCUT2D eigenvalue weighted by Crippen LogP contribution is 2.45. The maximum absolute atomic E-state index is 9.42. The molecule has 2 aliphatic rings. The normalized spacial score (nSPS) is 20.4. The fraction of sp³-hybridized carbons (Fsp3) is 0.471. The molecule has 0 amide bonds. The van der Waals surface area contributed by atoms with Crippen LogP contribution in [0.5, 0.6) is 0 Å². The van der Waals surface area contributed by atoms with Crippen LogP contribution in [-0.4, -0.2) is 5.87 Å². The van der Waals surface area contributed by atoms with Crippen molar-refractivity contribution >= 4 is 5.87 Å². The molecule has 1 fully saturated rings. The maximum atomic E-state index is 9.42. The second kappa shape index (κ2) is 5.80. The quantitative estimate of drug-likeness (QED) is 0.473. The van der Waals surface area contributed by atoms with Gasteiger partial charge in [0.05, 0.1) is 12.1 Å². The summed E-state index contributed by atoms with van der Waals surface area (Å²) in [5.74, 6) is 2.26. The molecule has 0 radical (unpaired) electrons. The summed E-state index contributed by atoms with van der Waals surface area (Å²) in [6.45, 7) is 4.10. The lowest BCUT2D eigenvalue weighted by Gasteiger charge is -2.21. The van der Waals surface area contributed by atoms with E-state index in [-0.39, 0.29) is 11.5 Å². The molecule has 1 atom stereocenters. The van der Waals surface area contributed by atoms with Gasteiger partial charge >= 0.3 is 0 Å². The van der Waals surface area contributed by atoms with Crippen molar-refractivity contribution in [1.29, 1.82) is 21.2 Å². The molecule has 1 unspecified atom stereocenters. The average Bonchev–Trinajstić information content (AvgIpc) is 3.26. The summed E-state index contributed by atoms with van der Waals surface area (Å²) in [6.07, 6.45) is 6.66. The highest BCUT2D eigenvalue weighted by Gasteiger charge is 2.45. The topological polar surface area (TPSA) is 95.2 Å². The molecule has 0 aromatic heterocycles. The zero-order chi connectivity index (χ0) is 15.5. The third kappa shape index (κ3) is 2.66. The fourth-order valence-electron chi connectivity index (χ4n) is 2.91. The van der Waals surface area contributed by atoms with Crippen molar-refractivity contribution in [1.82, 2.24) is 0 Å². The van der Waals surface area contributed by atoms with Gasteiger partial charge in [0, 0.05) is 5.92 Å². The largest absolute Gasteiger partial charge is 0.258 e. The predicted octanol–water partition coefficient (Wildman–Crippen LogP) is 3.41. The minimum atomic E-state index is -1.58. The molecule has 0 aliphatic heterocycles. The van der Waals surface area contributed by atoms with Gasteiger partial charge in [-0.1, -0.05) is 23.8 Å². The average molecular weight is 276 g/mol. The molecule has 0 saturated heterocycles. The van der Waals surface area contributed by atoms with Crippen LogP contribution in [0.25, 0.3) is 0 Å². The Morgan fingerprint density at radius 3 is 2.43 bits per heavy atom. The zero-order valence-electron chi connectivity index (χ0n) is 11.8. The van der Waals surface area contributed by atoms with E-state index in [0.717, 1.165) is 12.8 Å². The molecule has 21 heavy (non-hydrogen) atoms. The highest BCUT2D eigenvalue weighted by molar-refractivity contribution is 5.67. The Kier molecular flexibility index (Phi) is 4.09. The van der Waals surface area contributed by atoms with Gasteiger partial charge in [-0.3, -0.25) is 5.41 Å². The van der Waals surface area contributed by atoms with E-state index in [9.17, 15) is 10.5 Å². The summed E-state index contributed by atoms with van der Waals surface area (Å²) in [6, 6.07) is 5.68. The minimum Gasteiger partial charge on any atom is -0.258 e. The second-order valence-corrected chi connectivity index (χ2v) is 5.72. The van der Waals surface area contributed by atoms with Gasteiger partial charge in [0.2, 0.25) is 0 Å². The number of nitriles is 3. The molecule has 0 bridgehead atoms. The van der Waals surface area contributed by atoms with E-state index in [0.29, 0.717) is 12.3 Å². The van der Waals surface area contributed by atoms with E-state index in [1.807, 2.05) is 24.1 Å². The standard InChI is InChI=1S/C17H16N4/c1-12(14-3-4-14)6-13-2-5-15(7-13)17(10-20,11-21)16(8-18)9-19/h7,14-15,18H,1-6H2. The van der Waals surface area contributed by atoms with Crippen molar-refractivity contribution in [3.05, 3.63) is 29.4 Å². The third-order valence-electron chi connectivity index (χ3n) is 4.36. The maximum Gasteiger partial charge on any atom is 0.193 e. The lowest BCUT2D eigenvalue weighted by atomic mass is 9.72. The van der Waals surface area contributed by atoms with E-state index in [4.69, 9.17) is 10.7 Å². The van der Waals surface area contributed by atoms with E-state index in [1.165, 1.54) is 24.0 Å². The molecule has 0 aromatic rings. The monoisotopic (exact) mass is 276 g/mol. The number of hydrogen-bond donors (Lipinski definition) is 1. The van der Waals surface area contributed by atoms with Crippen LogP contribution >= 0.6 is 0 Å². The number of nitrogens with one attached hydrogen (secondary N) is 1. The first-order valence-corrected chi connectivity index (χ1v) is 7.01. The summed E-state index contributed by atoms with van der Waals surface area (Å²) >= 11 is 0. The van der Waals surface area contributed by atoms with Crippen LogP contribution in [0.15, 0.2) is 29.4 Å². The molecule has 2 aliphatic carbocycles. The van der Waals surface area contributed by atoms with Crippen LogP contribution in [-0.2, 0) is 0 Å². The molecule has 2 rings (SSSR count). The molecule has 104 valence electrons. The summed E-state index contributed by atoms with van der Waals surface area (Å²) in [4.78, 5) is 0. The van der Waals surface area contributed by atoms with Gasteiger partial charge in [-0.25, -0.2) is 0 Å². The van der Waals surface area contributed by atoms with Gasteiger partial charge in [-0.15, -0.1) is 0 Å². The number of hydrogen-bond acceptors (Lipinski definition) is 4. The molecular formula is C17H16N4. The Bertz CT molecular complexity index is 653. The molecule has 4 heteroatoms. The summed E-state index contributed by atoms with van der Waals surface area (Å²) < 4.78 is 0. The van der Waals surface area contributed by atoms with Crippen molar-refractivity contribution in [2.75, 3.05) is 0 Å². The third-order valence-corrected chi connectivity index (χ3v) is 4.36. The Morgan fingerprint density at radius 2 is 1.95 bits per heavy atom. The molecule has 0 heterocycles. The van der Waals surface area contributed by atoms with Gasteiger partial charge in [0.15, 0.2) is 5.41 Å². The van der Waals surface area contributed by atoms with Crippen LogP contribution < -0.4 is 0 Å². The smallest absolute Gasteiger partial charge is 0.193 e. The van der Waals surface area contributed by atoms with Crippen LogP contribution in [0.4, 0.5) is 0 Å². The number of allylic oxidation sites excluding steroid dienone is 4. The first-order chi connectivity index (χ1) is 10.1. The molecule has 4 nitrogen and oxygen atoms in total. The van der Waals surface area contributed by atoms with Crippen molar-refractivity contribution in [3.63, 3.8) is 0 Å². The summed E-state index contributed by atoms with van der Waals surface area (Å²) in [5.41, 5.74) is 0.633. The van der Waals surface area contributed by atoms with Gasteiger partial charge in [0.25, 0.3) is 0 Å². The van der Waals surface area contributed by atoms with Gasteiger partial charge in [-0.2, -0.15) is 15.8 Å². The summed E-state index contributed by atoms with van der Waals surface area (Å²) in [7, 11) is 0. The highest BCUT2D eigenvalue weighted by atomic mass is 14.5. The Labute approximate surface area is 124 Å². The molecule has 0 spiro atoms. The molecule has 1 N–H and O–H groups in total. The van der Waals surface area contributed by atoms with Crippen molar-refractivity contribution in [2.45, 2.75) is 32.1 Å². The van der Waals surface area contributed by atoms with E-state index in [1.54, 1.807) is 6.07 Å². The molecule has 0 aromatic carbocycles. The lowest BCUT2D eigenvalue weighted by Crippen LogP contribution is -2.27. The lowest BCUT2D eigenvalue weighted by molar-refractivity contribution is 0.447. The van der Waals surface area contributed by atoms with Gasteiger partial charge in [0.1, 0.15) is 11.6 Å². The van der Waals surface area contributed by atoms with Crippen molar-refractivity contribution in [3.8, 4) is 18.2 Å². The Balaban J connectivity index is 2.24. The SMILES string of the molecule is C=C(CC1=CC(C(C#N)(C#N)C(=C=N)C#N)CC1)C1CC1. The van der Waals surface area contributed by atoms with Gasteiger partial charge in [-0.05, 0) is 43.9 Å². The van der Waals surface area contributed by atoms with Crippen molar-refractivity contribution < 1.29 is 0 Å². The zero-order valence-corrected chi connectivity index (χ0v) is 11.8. The van der Waals surface area contributed by atoms with Crippen LogP contribution in [0.1, 0.15) is 32.1 Å². The van der Waals surface area contributed by atoms with E-state index in [2.05, 4.69) is 6.58 Å².